The Hall–Kier alpha value is -3.98. The fourth-order valence-electron chi connectivity index (χ4n) is 5.11. The molecule has 0 radical (unpaired) electrons. The van der Waals surface area contributed by atoms with Crippen LogP contribution in [0.25, 0.3) is 0 Å². The van der Waals surface area contributed by atoms with Gasteiger partial charge in [0.2, 0.25) is 0 Å². The van der Waals surface area contributed by atoms with Gasteiger partial charge in [0.05, 0.1) is 19.8 Å². The number of aryl methyl sites for hydroxylation is 1. The molecule has 54 heavy (non-hydrogen) atoms. The number of phosphoric acid groups is 2. The molecular formula is C36H46N2O14P2. The maximum absolute atomic E-state index is 13.8. The van der Waals surface area contributed by atoms with E-state index in [2.05, 4.69) is 11.9 Å². The summed E-state index contributed by atoms with van der Waals surface area (Å²) in [4.78, 5) is 60.2. The van der Waals surface area contributed by atoms with Gasteiger partial charge in [-0.05, 0) is 54.8 Å². The summed E-state index contributed by atoms with van der Waals surface area (Å²) in [7, 11) is -10.0. The van der Waals surface area contributed by atoms with Crippen molar-refractivity contribution in [3.63, 3.8) is 0 Å². The maximum atomic E-state index is 13.8. The van der Waals surface area contributed by atoms with Gasteiger partial charge in [0.15, 0.2) is 6.23 Å². The summed E-state index contributed by atoms with van der Waals surface area (Å²) in [6, 6.07) is 12.1. The quantitative estimate of drug-likeness (QED) is 0.0347. The Balaban J connectivity index is 1.35. The zero-order valence-corrected chi connectivity index (χ0v) is 32.2. The third-order valence-corrected chi connectivity index (χ3v) is 10.9. The Morgan fingerprint density at radius 2 is 1.41 bits per heavy atom. The fraction of sp³-hybridized carbons (Fsp3) is 0.444. The highest BCUT2D eigenvalue weighted by Gasteiger charge is 2.39. The molecule has 1 aliphatic heterocycles. The molecular weight excluding hydrogens is 746 g/mol. The average molecular weight is 793 g/mol. The van der Waals surface area contributed by atoms with Crippen LogP contribution in [0.5, 0.6) is 11.5 Å². The first kappa shape index (κ1) is 42.8. The van der Waals surface area contributed by atoms with Crippen molar-refractivity contribution in [3.8, 4) is 11.5 Å². The highest BCUT2D eigenvalue weighted by Crippen LogP contribution is 2.64. The molecule has 18 heteroatoms. The highest BCUT2D eigenvalue weighted by atomic mass is 31.3. The smallest absolute Gasteiger partial charge is 0.427 e. The molecule has 0 spiro atoms. The SMILES string of the molecule is CCCCCCCCCC(=O)Oc1ccc(COP(=O)(OCc2ccc(OC(C)=O)cc2)OP(=O)(O)OC[C@@H]2C=C[C@H](n3cc(C)c(=O)[nH]c3=O)O2)cc1. The van der Waals surface area contributed by atoms with Gasteiger partial charge in [-0.3, -0.25) is 37.5 Å². The number of unbranched alkanes of at least 4 members (excludes halogenated alkanes) is 6. The Kier molecular flexibility index (Phi) is 16.3. The molecule has 294 valence electrons. The van der Waals surface area contributed by atoms with Gasteiger partial charge < -0.3 is 19.1 Å². The minimum atomic E-state index is -5.15. The molecule has 0 fully saturated rings. The number of rotatable bonds is 22. The van der Waals surface area contributed by atoms with Crippen molar-refractivity contribution in [1.29, 1.82) is 0 Å². The lowest BCUT2D eigenvalue weighted by Crippen LogP contribution is -2.33. The molecule has 2 heterocycles. The molecule has 4 atom stereocenters. The minimum Gasteiger partial charge on any atom is -0.427 e. The molecule has 2 unspecified atom stereocenters. The second kappa shape index (κ2) is 20.6. The number of phosphoric ester groups is 2. The zero-order chi connectivity index (χ0) is 39.1. The van der Waals surface area contributed by atoms with E-state index in [1.54, 1.807) is 12.1 Å². The van der Waals surface area contributed by atoms with Crippen LogP contribution in [0.4, 0.5) is 0 Å². The molecule has 0 amide bonds. The highest BCUT2D eigenvalue weighted by molar-refractivity contribution is 7.61. The number of H-pyrrole nitrogens is 1. The second-order valence-corrected chi connectivity index (χ2v) is 15.8. The van der Waals surface area contributed by atoms with Crippen LogP contribution in [0, 0.1) is 6.92 Å². The summed E-state index contributed by atoms with van der Waals surface area (Å²) >= 11 is 0. The van der Waals surface area contributed by atoms with Crippen LogP contribution in [0.15, 0.2) is 76.5 Å². The van der Waals surface area contributed by atoms with Crippen molar-refractivity contribution in [1.82, 2.24) is 9.55 Å². The van der Waals surface area contributed by atoms with Crippen molar-refractivity contribution >= 4 is 27.6 Å². The summed E-state index contributed by atoms with van der Waals surface area (Å²) in [5.41, 5.74) is -0.126. The van der Waals surface area contributed by atoms with Gasteiger partial charge in [-0.25, -0.2) is 13.9 Å². The van der Waals surface area contributed by atoms with E-state index in [4.69, 9.17) is 32.1 Å². The first-order valence-electron chi connectivity index (χ1n) is 17.5. The molecule has 0 saturated heterocycles. The van der Waals surface area contributed by atoms with Crippen molar-refractivity contribution in [2.45, 2.75) is 97.7 Å². The third-order valence-electron chi connectivity index (χ3n) is 7.93. The molecule has 0 bridgehead atoms. The van der Waals surface area contributed by atoms with Crippen LogP contribution in [0.2, 0.25) is 0 Å². The lowest BCUT2D eigenvalue weighted by Gasteiger charge is -2.22. The van der Waals surface area contributed by atoms with Gasteiger partial charge >= 0.3 is 33.3 Å². The standard InChI is InChI=1S/C36H46N2O14P2/c1-4-5-6-7-8-9-10-11-34(40)51-31-18-14-29(15-19-31)24-48-54(45,47-23-28-12-16-30(17-13-28)49-27(3)39)52-53(43,44)46-25-32-20-21-33(50-32)38-22-26(2)35(41)37-36(38)42/h12-22,32-33H,4-11,23-25H2,1-3H3,(H,43,44)(H,37,41,42)/t32-,33+,54?/m0/s1. The van der Waals surface area contributed by atoms with E-state index in [-0.39, 0.29) is 17.3 Å². The second-order valence-electron chi connectivity index (χ2n) is 12.5. The zero-order valence-electron chi connectivity index (χ0n) is 30.4. The van der Waals surface area contributed by atoms with Gasteiger partial charge in [0.25, 0.3) is 5.56 Å². The summed E-state index contributed by atoms with van der Waals surface area (Å²) in [6.07, 6.45) is 10.2. The van der Waals surface area contributed by atoms with Gasteiger partial charge in [-0.15, -0.1) is 0 Å². The summed E-state index contributed by atoms with van der Waals surface area (Å²) in [5.74, 6) is -0.312. The Morgan fingerprint density at radius 1 is 0.833 bits per heavy atom. The van der Waals surface area contributed by atoms with Crippen LogP contribution in [0.1, 0.15) is 88.1 Å². The lowest BCUT2D eigenvalue weighted by atomic mass is 10.1. The monoisotopic (exact) mass is 792 g/mol. The van der Waals surface area contributed by atoms with Gasteiger partial charge in [-0.2, -0.15) is 4.31 Å². The fourth-order valence-corrected chi connectivity index (χ4v) is 7.71. The first-order chi connectivity index (χ1) is 25.7. The number of aromatic nitrogens is 2. The molecule has 0 saturated carbocycles. The van der Waals surface area contributed by atoms with Gasteiger partial charge in [0, 0.05) is 25.1 Å². The van der Waals surface area contributed by atoms with Gasteiger partial charge in [-0.1, -0.05) is 75.8 Å². The van der Waals surface area contributed by atoms with E-state index in [1.165, 1.54) is 87.9 Å². The average Bonchev–Trinajstić information content (AvgIpc) is 3.60. The first-order valence-corrected chi connectivity index (χ1v) is 20.5. The summed E-state index contributed by atoms with van der Waals surface area (Å²) in [6.45, 7) is 3.55. The van der Waals surface area contributed by atoms with Crippen LogP contribution >= 0.6 is 15.6 Å². The molecule has 1 aliphatic rings. The molecule has 3 aromatic rings. The number of nitrogens with zero attached hydrogens (tertiary/aromatic N) is 1. The number of hydrogen-bond acceptors (Lipinski definition) is 13. The largest absolute Gasteiger partial charge is 0.484 e. The Morgan fingerprint density at radius 3 is 2.00 bits per heavy atom. The van der Waals surface area contributed by atoms with Crippen molar-refractivity contribution in [3.05, 3.63) is 104 Å². The van der Waals surface area contributed by atoms with E-state index in [9.17, 15) is 33.2 Å². The van der Waals surface area contributed by atoms with Crippen LogP contribution in [0.3, 0.4) is 0 Å². The van der Waals surface area contributed by atoms with Crippen molar-refractivity contribution in [2.75, 3.05) is 6.61 Å². The number of nitrogens with one attached hydrogen (secondary N) is 1. The molecule has 2 N–H and O–H groups in total. The number of aromatic amines is 1. The summed E-state index contributed by atoms with van der Waals surface area (Å²) < 4.78 is 65.1. The Labute approximate surface area is 312 Å². The number of carbonyl (C=O) groups excluding carboxylic acids is 2. The van der Waals surface area contributed by atoms with E-state index < -0.39 is 65.0 Å². The third kappa shape index (κ3) is 14.3. The number of hydrogen-bond donors (Lipinski definition) is 2. The van der Waals surface area contributed by atoms with Gasteiger partial charge in [0.1, 0.15) is 17.6 Å². The predicted octanol–water partition coefficient (Wildman–Crippen LogP) is 6.95. The lowest BCUT2D eigenvalue weighted by molar-refractivity contribution is -0.134. The van der Waals surface area contributed by atoms with Crippen LogP contribution in [-0.4, -0.2) is 39.1 Å². The minimum absolute atomic E-state index is 0.258. The topological polar surface area (TPSA) is 208 Å². The van der Waals surface area contributed by atoms with E-state index in [1.807, 2.05) is 0 Å². The molecule has 4 rings (SSSR count). The van der Waals surface area contributed by atoms with Crippen molar-refractivity contribution in [2.24, 2.45) is 0 Å². The normalized spacial score (nSPS) is 17.5. The van der Waals surface area contributed by atoms with Crippen molar-refractivity contribution < 1.29 is 55.7 Å². The number of ether oxygens (including phenoxy) is 3. The molecule has 2 aromatic carbocycles. The Bertz CT molecular complexity index is 1940. The number of carbonyl (C=O) groups is 2. The predicted molar refractivity (Wildman–Crippen MR) is 196 cm³/mol. The number of esters is 2. The molecule has 0 aliphatic carbocycles. The van der Waals surface area contributed by atoms with E-state index >= 15 is 0 Å². The van der Waals surface area contributed by atoms with Crippen LogP contribution < -0.4 is 20.7 Å². The maximum Gasteiger partial charge on any atom is 0.484 e. The number of benzene rings is 2. The van der Waals surface area contributed by atoms with E-state index in [0.717, 1.165) is 30.3 Å². The van der Waals surface area contributed by atoms with E-state index in [0.29, 0.717) is 23.3 Å². The van der Waals surface area contributed by atoms with Crippen LogP contribution in [-0.2, 0) is 54.6 Å². The molecule has 1 aromatic heterocycles. The summed E-state index contributed by atoms with van der Waals surface area (Å²) in [5, 5.41) is 0. The molecule has 16 nitrogen and oxygen atoms in total.